The lowest BCUT2D eigenvalue weighted by Crippen LogP contribution is -2.47. The molecule has 0 aromatic rings. The first-order valence-electron chi connectivity index (χ1n) is 6.99. The maximum atomic E-state index is 12.0. The lowest BCUT2D eigenvalue weighted by atomic mass is 10.1. The number of nitrogens with one attached hydrogen (secondary N) is 1. The minimum absolute atomic E-state index is 0.0351. The van der Waals surface area contributed by atoms with Gasteiger partial charge in [0.25, 0.3) is 5.91 Å². The van der Waals surface area contributed by atoms with Crippen LogP contribution in [0.2, 0.25) is 0 Å². The average Bonchev–Trinajstić information content (AvgIpc) is 2.56. The fraction of sp³-hybridized carbons (Fsp3) is 0.769. The normalized spacial score (nSPS) is 26.0. The Morgan fingerprint density at radius 1 is 1.43 bits per heavy atom. The number of hydrogen-bond donors (Lipinski definition) is 2. The summed E-state index contributed by atoms with van der Waals surface area (Å²) in [5.41, 5.74) is -0.853. The van der Waals surface area contributed by atoms with Crippen LogP contribution in [0.3, 0.4) is 0 Å². The van der Waals surface area contributed by atoms with Gasteiger partial charge in [0.05, 0.1) is 19.1 Å². The van der Waals surface area contributed by atoms with Crippen molar-refractivity contribution in [1.29, 1.82) is 0 Å². The van der Waals surface area contributed by atoms with Gasteiger partial charge >= 0.3 is 12.0 Å². The number of carboxylic acid groups (broad SMARTS) is 1. The SMILES string of the molecule is CC1(C)NC(=O)N(CCN2CCOC(CC(=O)O)C2)C1=O. The zero-order valence-corrected chi connectivity index (χ0v) is 12.3. The molecule has 2 rings (SSSR count). The first kappa shape index (κ1) is 15.7. The molecule has 8 nitrogen and oxygen atoms in total. The Kier molecular flexibility index (Phi) is 4.48. The highest BCUT2D eigenvalue weighted by Gasteiger charge is 2.44. The van der Waals surface area contributed by atoms with Gasteiger partial charge < -0.3 is 15.2 Å². The van der Waals surface area contributed by atoms with Crippen molar-refractivity contribution in [2.75, 3.05) is 32.8 Å². The number of hydrogen-bond acceptors (Lipinski definition) is 5. The lowest BCUT2D eigenvalue weighted by Gasteiger charge is -2.32. The van der Waals surface area contributed by atoms with Gasteiger partial charge in [0.15, 0.2) is 0 Å². The van der Waals surface area contributed by atoms with Crippen molar-refractivity contribution in [3.05, 3.63) is 0 Å². The van der Waals surface area contributed by atoms with Gasteiger partial charge in [0.1, 0.15) is 5.54 Å². The third-order valence-electron chi connectivity index (χ3n) is 3.71. The van der Waals surface area contributed by atoms with E-state index in [0.29, 0.717) is 32.8 Å². The van der Waals surface area contributed by atoms with E-state index in [1.54, 1.807) is 13.8 Å². The molecule has 21 heavy (non-hydrogen) atoms. The molecule has 0 saturated carbocycles. The number of rotatable bonds is 5. The van der Waals surface area contributed by atoms with Crippen LogP contribution in [0.5, 0.6) is 0 Å². The summed E-state index contributed by atoms with van der Waals surface area (Å²) >= 11 is 0. The molecule has 0 spiro atoms. The number of carbonyl (C=O) groups excluding carboxylic acids is 2. The van der Waals surface area contributed by atoms with E-state index in [4.69, 9.17) is 9.84 Å². The summed E-state index contributed by atoms with van der Waals surface area (Å²) in [5, 5.41) is 11.4. The fourth-order valence-corrected chi connectivity index (χ4v) is 2.56. The molecule has 1 atom stereocenters. The van der Waals surface area contributed by atoms with Crippen LogP contribution in [0, 0.1) is 0 Å². The molecular weight excluding hydrogens is 278 g/mol. The number of ether oxygens (including phenoxy) is 1. The molecule has 2 fully saturated rings. The van der Waals surface area contributed by atoms with Gasteiger partial charge in [-0.1, -0.05) is 0 Å². The molecule has 8 heteroatoms. The Hall–Kier alpha value is -1.67. The van der Waals surface area contributed by atoms with Crippen LogP contribution >= 0.6 is 0 Å². The predicted octanol–water partition coefficient (Wildman–Crippen LogP) is -0.508. The van der Waals surface area contributed by atoms with E-state index < -0.39 is 11.5 Å². The average molecular weight is 299 g/mol. The van der Waals surface area contributed by atoms with Crippen molar-refractivity contribution in [3.8, 4) is 0 Å². The molecule has 2 heterocycles. The highest BCUT2D eigenvalue weighted by molar-refractivity contribution is 6.06. The van der Waals surface area contributed by atoms with Gasteiger partial charge in [0.2, 0.25) is 0 Å². The van der Waals surface area contributed by atoms with E-state index in [0.717, 1.165) is 0 Å². The zero-order valence-electron chi connectivity index (χ0n) is 12.3. The number of nitrogens with zero attached hydrogens (tertiary/aromatic N) is 2. The molecule has 1 unspecified atom stereocenters. The number of amides is 3. The molecular formula is C13H21N3O5. The summed E-state index contributed by atoms with van der Waals surface area (Å²) in [6, 6.07) is -0.375. The Balaban J connectivity index is 1.84. The maximum absolute atomic E-state index is 12.0. The first-order chi connectivity index (χ1) is 9.79. The second-order valence-electron chi connectivity index (χ2n) is 5.90. The Morgan fingerprint density at radius 2 is 2.14 bits per heavy atom. The van der Waals surface area contributed by atoms with Crippen molar-refractivity contribution in [3.63, 3.8) is 0 Å². The van der Waals surface area contributed by atoms with E-state index >= 15 is 0 Å². The van der Waals surface area contributed by atoms with E-state index in [1.165, 1.54) is 4.90 Å². The highest BCUT2D eigenvalue weighted by atomic mass is 16.5. The van der Waals surface area contributed by atoms with Crippen LogP contribution in [-0.4, -0.2) is 77.2 Å². The van der Waals surface area contributed by atoms with Crippen molar-refractivity contribution in [2.45, 2.75) is 31.9 Å². The summed E-state index contributed by atoms with van der Waals surface area (Å²) in [6.07, 6.45) is -0.372. The summed E-state index contributed by atoms with van der Waals surface area (Å²) in [4.78, 5) is 37.7. The van der Waals surface area contributed by atoms with Crippen molar-refractivity contribution in [1.82, 2.24) is 15.1 Å². The molecule has 2 aliphatic heterocycles. The Bertz CT molecular complexity index is 451. The lowest BCUT2D eigenvalue weighted by molar-refractivity contribution is -0.142. The molecule has 3 amide bonds. The third kappa shape index (κ3) is 3.70. The van der Waals surface area contributed by atoms with Crippen LogP contribution in [0.1, 0.15) is 20.3 Å². The number of urea groups is 1. The Morgan fingerprint density at radius 3 is 2.71 bits per heavy atom. The molecule has 0 aromatic heterocycles. The molecule has 0 radical (unpaired) electrons. The van der Waals surface area contributed by atoms with Gasteiger partial charge in [0, 0.05) is 26.2 Å². The van der Waals surface area contributed by atoms with Crippen molar-refractivity contribution in [2.24, 2.45) is 0 Å². The second-order valence-corrected chi connectivity index (χ2v) is 5.90. The van der Waals surface area contributed by atoms with E-state index in [9.17, 15) is 14.4 Å². The minimum Gasteiger partial charge on any atom is -0.481 e. The molecule has 118 valence electrons. The largest absolute Gasteiger partial charge is 0.481 e. The van der Waals surface area contributed by atoms with Gasteiger partial charge in [-0.05, 0) is 13.8 Å². The third-order valence-corrected chi connectivity index (χ3v) is 3.71. The fourth-order valence-electron chi connectivity index (χ4n) is 2.56. The smallest absolute Gasteiger partial charge is 0.325 e. The van der Waals surface area contributed by atoms with Gasteiger partial charge in [-0.2, -0.15) is 0 Å². The van der Waals surface area contributed by atoms with Crippen LogP contribution in [0.25, 0.3) is 0 Å². The quantitative estimate of drug-likeness (QED) is 0.664. The number of carboxylic acids is 1. The number of morpholine rings is 1. The predicted molar refractivity (Wildman–Crippen MR) is 72.8 cm³/mol. The van der Waals surface area contributed by atoms with Crippen molar-refractivity contribution < 1.29 is 24.2 Å². The molecule has 2 aliphatic rings. The zero-order chi connectivity index (χ0) is 15.6. The van der Waals surface area contributed by atoms with E-state index in [1.807, 2.05) is 4.90 Å². The molecule has 0 bridgehead atoms. The van der Waals surface area contributed by atoms with Gasteiger partial charge in [-0.15, -0.1) is 0 Å². The highest BCUT2D eigenvalue weighted by Crippen LogP contribution is 2.16. The number of imide groups is 1. The van der Waals surface area contributed by atoms with Gasteiger partial charge in [-0.25, -0.2) is 4.79 Å². The second kappa shape index (κ2) is 5.98. The van der Waals surface area contributed by atoms with Crippen LogP contribution in [0.15, 0.2) is 0 Å². The summed E-state index contributed by atoms with van der Waals surface area (Å²) in [5.74, 6) is -1.12. The molecule has 2 N–H and O–H groups in total. The van der Waals surface area contributed by atoms with E-state index in [2.05, 4.69) is 5.32 Å². The minimum atomic E-state index is -0.891. The molecule has 2 saturated heterocycles. The van der Waals surface area contributed by atoms with Crippen LogP contribution in [-0.2, 0) is 14.3 Å². The van der Waals surface area contributed by atoms with Crippen LogP contribution < -0.4 is 5.32 Å². The summed E-state index contributed by atoms with van der Waals surface area (Å²) in [6.45, 7) is 5.80. The molecule has 0 aliphatic carbocycles. The Labute approximate surface area is 123 Å². The van der Waals surface area contributed by atoms with Gasteiger partial charge in [-0.3, -0.25) is 19.4 Å². The first-order valence-corrected chi connectivity index (χ1v) is 6.99. The van der Waals surface area contributed by atoms with E-state index in [-0.39, 0.29) is 24.5 Å². The topological polar surface area (TPSA) is 99.2 Å². The standard InChI is InChI=1S/C13H21N3O5/c1-13(2)11(19)16(12(20)14-13)4-3-15-5-6-21-9(8-15)7-10(17)18/h9H,3-8H2,1-2H3,(H,14,20)(H,17,18). The maximum Gasteiger partial charge on any atom is 0.325 e. The van der Waals surface area contributed by atoms with Crippen molar-refractivity contribution >= 4 is 17.9 Å². The number of carbonyl (C=O) groups is 3. The molecule has 0 aromatic carbocycles. The summed E-state index contributed by atoms with van der Waals surface area (Å²) in [7, 11) is 0. The van der Waals surface area contributed by atoms with Crippen LogP contribution in [0.4, 0.5) is 4.79 Å². The summed E-state index contributed by atoms with van der Waals surface area (Å²) < 4.78 is 5.38. The number of aliphatic carboxylic acids is 1. The monoisotopic (exact) mass is 299 g/mol.